The molecule has 0 saturated carbocycles. The third kappa shape index (κ3) is 4.52. The molecule has 118 valence electrons. The summed E-state index contributed by atoms with van der Waals surface area (Å²) in [5, 5.41) is 0. The lowest BCUT2D eigenvalue weighted by Gasteiger charge is -2.16. The summed E-state index contributed by atoms with van der Waals surface area (Å²) in [7, 11) is 0. The van der Waals surface area contributed by atoms with Gasteiger partial charge < -0.3 is 10.5 Å². The van der Waals surface area contributed by atoms with Crippen LogP contribution in [0.1, 0.15) is 32.8 Å². The van der Waals surface area contributed by atoms with Crippen LogP contribution in [0.5, 0.6) is 5.75 Å². The molecule has 2 aromatic carbocycles. The van der Waals surface area contributed by atoms with E-state index < -0.39 is 0 Å². The van der Waals surface area contributed by atoms with Crippen LogP contribution in [-0.4, -0.2) is 6.61 Å². The fourth-order valence-corrected chi connectivity index (χ4v) is 2.81. The Morgan fingerprint density at radius 1 is 1.00 bits per heavy atom. The van der Waals surface area contributed by atoms with Crippen LogP contribution in [0.2, 0.25) is 0 Å². The molecule has 0 radical (unpaired) electrons. The molecule has 2 aromatic rings. The Morgan fingerprint density at radius 2 is 1.73 bits per heavy atom. The number of benzene rings is 2. The topological polar surface area (TPSA) is 35.2 Å². The predicted octanol–water partition coefficient (Wildman–Crippen LogP) is 5.31. The molecule has 0 bridgehead atoms. The van der Waals surface area contributed by atoms with Gasteiger partial charge in [-0.05, 0) is 66.1 Å². The van der Waals surface area contributed by atoms with Crippen LogP contribution in [-0.2, 0) is 0 Å². The Balaban J connectivity index is 2.07. The van der Waals surface area contributed by atoms with Gasteiger partial charge in [0.2, 0.25) is 0 Å². The van der Waals surface area contributed by atoms with Gasteiger partial charge in [0.25, 0.3) is 0 Å². The van der Waals surface area contributed by atoms with E-state index in [-0.39, 0.29) is 0 Å². The average molecular weight is 297 g/mol. The molecule has 0 spiro atoms. The zero-order valence-corrected chi connectivity index (χ0v) is 14.1. The Morgan fingerprint density at radius 3 is 2.36 bits per heavy atom. The molecular weight excluding hydrogens is 270 g/mol. The van der Waals surface area contributed by atoms with Gasteiger partial charge >= 0.3 is 0 Å². The fraction of sp³-hybridized carbons (Fsp3) is 0.400. The third-order valence-electron chi connectivity index (χ3n) is 3.79. The van der Waals surface area contributed by atoms with Gasteiger partial charge in [-0.1, -0.05) is 39.0 Å². The van der Waals surface area contributed by atoms with Gasteiger partial charge in [-0.25, -0.2) is 0 Å². The van der Waals surface area contributed by atoms with Gasteiger partial charge in [0, 0.05) is 5.69 Å². The molecule has 0 aliphatic rings. The van der Waals surface area contributed by atoms with Gasteiger partial charge in [-0.15, -0.1) is 0 Å². The molecular formula is C20H27NO. The van der Waals surface area contributed by atoms with Crippen LogP contribution in [0.4, 0.5) is 5.69 Å². The van der Waals surface area contributed by atoms with Crippen molar-refractivity contribution in [3.05, 3.63) is 48.0 Å². The van der Waals surface area contributed by atoms with Crippen molar-refractivity contribution in [3.8, 4) is 16.9 Å². The number of anilines is 1. The summed E-state index contributed by atoms with van der Waals surface area (Å²) < 4.78 is 5.99. The van der Waals surface area contributed by atoms with E-state index in [4.69, 9.17) is 10.5 Å². The van der Waals surface area contributed by atoms with E-state index in [1.807, 2.05) is 18.2 Å². The summed E-state index contributed by atoms with van der Waals surface area (Å²) >= 11 is 0. The van der Waals surface area contributed by atoms with Crippen molar-refractivity contribution in [3.63, 3.8) is 0 Å². The van der Waals surface area contributed by atoms with Gasteiger partial charge in [0.05, 0.1) is 6.61 Å². The highest BCUT2D eigenvalue weighted by atomic mass is 16.5. The van der Waals surface area contributed by atoms with E-state index >= 15 is 0 Å². The highest BCUT2D eigenvalue weighted by Crippen LogP contribution is 2.27. The summed E-state index contributed by atoms with van der Waals surface area (Å²) in [5.41, 5.74) is 10.1. The van der Waals surface area contributed by atoms with Crippen molar-refractivity contribution in [2.45, 2.75) is 34.1 Å². The molecule has 2 N–H and O–H groups in total. The number of rotatable bonds is 6. The maximum absolute atomic E-state index is 5.99. The molecule has 0 heterocycles. The molecule has 1 unspecified atom stereocenters. The molecule has 0 aliphatic heterocycles. The summed E-state index contributed by atoms with van der Waals surface area (Å²) in [6, 6.07) is 14.3. The molecule has 1 atom stereocenters. The van der Waals surface area contributed by atoms with Crippen LogP contribution in [0.3, 0.4) is 0 Å². The molecule has 2 nitrogen and oxygen atoms in total. The predicted molar refractivity (Wildman–Crippen MR) is 95.1 cm³/mol. The number of nitrogens with two attached hydrogens (primary N) is 1. The lowest BCUT2D eigenvalue weighted by atomic mass is 10.00. The van der Waals surface area contributed by atoms with Crippen molar-refractivity contribution < 1.29 is 4.74 Å². The molecule has 2 heteroatoms. The maximum atomic E-state index is 5.99. The quantitative estimate of drug-likeness (QED) is 0.734. The minimum atomic E-state index is 0.577. The first-order valence-electron chi connectivity index (χ1n) is 8.05. The minimum absolute atomic E-state index is 0.577. The zero-order valence-electron chi connectivity index (χ0n) is 14.1. The molecule has 0 saturated heterocycles. The van der Waals surface area contributed by atoms with Crippen molar-refractivity contribution >= 4 is 5.69 Å². The maximum Gasteiger partial charge on any atom is 0.122 e. The monoisotopic (exact) mass is 297 g/mol. The van der Waals surface area contributed by atoms with E-state index in [0.717, 1.165) is 29.2 Å². The summed E-state index contributed by atoms with van der Waals surface area (Å²) in [5.74, 6) is 2.27. The molecule has 0 amide bonds. The lowest BCUT2D eigenvalue weighted by molar-refractivity contribution is 0.238. The second-order valence-corrected chi connectivity index (χ2v) is 6.65. The SMILES string of the molecule is Cc1cc(-c2cccc(N)c2)ccc1OCC(C)CC(C)C. The smallest absolute Gasteiger partial charge is 0.122 e. The number of nitrogen functional groups attached to an aromatic ring is 1. The fourth-order valence-electron chi connectivity index (χ4n) is 2.81. The van der Waals surface area contributed by atoms with Crippen LogP contribution >= 0.6 is 0 Å². The number of hydrogen-bond donors (Lipinski definition) is 1. The highest BCUT2D eigenvalue weighted by molar-refractivity contribution is 5.68. The van der Waals surface area contributed by atoms with E-state index in [0.29, 0.717) is 11.8 Å². The average Bonchev–Trinajstić information content (AvgIpc) is 2.45. The number of ether oxygens (including phenoxy) is 1. The highest BCUT2D eigenvalue weighted by Gasteiger charge is 2.08. The van der Waals surface area contributed by atoms with Crippen LogP contribution in [0, 0.1) is 18.8 Å². The Kier molecular flexibility index (Phi) is 5.48. The molecule has 2 rings (SSSR count). The normalized spacial score (nSPS) is 12.4. The second kappa shape index (κ2) is 7.35. The van der Waals surface area contributed by atoms with Gasteiger partial charge in [0.15, 0.2) is 0 Å². The molecule has 22 heavy (non-hydrogen) atoms. The molecule has 0 aromatic heterocycles. The first kappa shape index (κ1) is 16.4. The number of hydrogen-bond acceptors (Lipinski definition) is 2. The summed E-state index contributed by atoms with van der Waals surface area (Å²) in [6.45, 7) is 9.62. The Hall–Kier alpha value is -1.96. The van der Waals surface area contributed by atoms with Crippen molar-refractivity contribution in [1.29, 1.82) is 0 Å². The van der Waals surface area contributed by atoms with Gasteiger partial charge in [-0.2, -0.15) is 0 Å². The Labute approximate surface area is 134 Å². The molecule has 0 aliphatic carbocycles. The van der Waals surface area contributed by atoms with E-state index in [1.54, 1.807) is 0 Å². The second-order valence-electron chi connectivity index (χ2n) is 6.65. The van der Waals surface area contributed by atoms with Gasteiger partial charge in [-0.3, -0.25) is 0 Å². The first-order chi connectivity index (χ1) is 10.5. The summed E-state index contributed by atoms with van der Waals surface area (Å²) in [6.07, 6.45) is 1.19. The third-order valence-corrected chi connectivity index (χ3v) is 3.79. The van der Waals surface area contributed by atoms with E-state index in [9.17, 15) is 0 Å². The van der Waals surface area contributed by atoms with Crippen LogP contribution in [0.15, 0.2) is 42.5 Å². The van der Waals surface area contributed by atoms with Crippen molar-refractivity contribution in [1.82, 2.24) is 0 Å². The Bertz CT molecular complexity index is 619. The van der Waals surface area contributed by atoms with Crippen molar-refractivity contribution in [2.24, 2.45) is 11.8 Å². The number of aryl methyl sites for hydroxylation is 1. The van der Waals surface area contributed by atoms with Crippen LogP contribution < -0.4 is 10.5 Å². The largest absolute Gasteiger partial charge is 0.493 e. The summed E-state index contributed by atoms with van der Waals surface area (Å²) in [4.78, 5) is 0. The van der Waals surface area contributed by atoms with Crippen LogP contribution in [0.25, 0.3) is 11.1 Å². The first-order valence-corrected chi connectivity index (χ1v) is 8.05. The molecule has 0 fully saturated rings. The lowest BCUT2D eigenvalue weighted by Crippen LogP contribution is -2.11. The zero-order chi connectivity index (χ0) is 16.1. The van der Waals surface area contributed by atoms with Crippen molar-refractivity contribution in [2.75, 3.05) is 12.3 Å². The minimum Gasteiger partial charge on any atom is -0.493 e. The van der Waals surface area contributed by atoms with E-state index in [1.165, 1.54) is 12.0 Å². The van der Waals surface area contributed by atoms with E-state index in [2.05, 4.69) is 52.0 Å². The standard InChI is InChI=1S/C20H27NO/c1-14(2)10-15(3)13-22-20-9-8-18(11-16(20)4)17-6-5-7-19(21)12-17/h5-9,11-12,14-15H,10,13,21H2,1-4H3. The van der Waals surface area contributed by atoms with Gasteiger partial charge in [0.1, 0.15) is 5.75 Å².